The Hall–Kier alpha value is -2.00. The molecule has 0 atom stereocenters. The molecule has 3 heteroatoms. The number of fused-ring (bicyclic) bond motifs is 1. The number of benzene rings is 2. The van der Waals surface area contributed by atoms with Crippen molar-refractivity contribution in [3.63, 3.8) is 0 Å². The van der Waals surface area contributed by atoms with Crippen molar-refractivity contribution in [2.24, 2.45) is 0 Å². The highest BCUT2D eigenvalue weighted by Crippen LogP contribution is 2.27. The smallest absolute Gasteiger partial charge is 0.0713 e. The molecule has 1 heterocycles. The predicted molar refractivity (Wildman–Crippen MR) is 83.1 cm³/mol. The molecule has 2 aromatic carbocycles. The average Bonchev–Trinajstić information content (AvgIpc) is 2.95. The first-order chi connectivity index (χ1) is 9.86. The number of ether oxygens (including phenoxy) is 1. The minimum atomic E-state index is 0.651. The zero-order valence-corrected chi connectivity index (χ0v) is 11.8. The fraction of sp³-hybridized carbons (Fsp3) is 0.294. The van der Waals surface area contributed by atoms with Crippen molar-refractivity contribution in [2.75, 3.05) is 24.3 Å². The molecule has 0 unspecified atom stereocenters. The van der Waals surface area contributed by atoms with Gasteiger partial charge in [-0.05, 0) is 35.2 Å². The van der Waals surface area contributed by atoms with Gasteiger partial charge in [0.05, 0.1) is 6.61 Å². The van der Waals surface area contributed by atoms with Gasteiger partial charge in [-0.25, -0.2) is 0 Å². The van der Waals surface area contributed by atoms with Crippen LogP contribution in [0.2, 0.25) is 0 Å². The van der Waals surface area contributed by atoms with Crippen LogP contribution in [0.3, 0.4) is 0 Å². The third-order valence-electron chi connectivity index (χ3n) is 3.65. The fourth-order valence-corrected chi connectivity index (χ4v) is 2.69. The van der Waals surface area contributed by atoms with E-state index in [1.165, 1.54) is 22.4 Å². The lowest BCUT2D eigenvalue weighted by Gasteiger charge is -2.12. The van der Waals surface area contributed by atoms with E-state index in [0.717, 1.165) is 25.2 Å². The molecule has 0 radical (unpaired) electrons. The Labute approximate surface area is 120 Å². The second kappa shape index (κ2) is 5.97. The molecule has 0 saturated heterocycles. The van der Waals surface area contributed by atoms with Crippen LogP contribution in [-0.4, -0.2) is 13.7 Å². The number of anilines is 2. The molecule has 0 spiro atoms. The first-order valence-corrected chi connectivity index (χ1v) is 7.03. The van der Waals surface area contributed by atoms with E-state index in [1.54, 1.807) is 7.11 Å². The molecule has 1 aliphatic heterocycles. The van der Waals surface area contributed by atoms with Crippen LogP contribution in [-0.2, 0) is 24.3 Å². The predicted octanol–water partition coefficient (Wildman–Crippen LogP) is 3.41. The number of hydrogen-bond donors (Lipinski definition) is 2. The summed E-state index contributed by atoms with van der Waals surface area (Å²) in [6.07, 6.45) is 1.13. The van der Waals surface area contributed by atoms with Crippen molar-refractivity contribution in [1.29, 1.82) is 0 Å². The molecular weight excluding hydrogens is 248 g/mol. The standard InChI is InChI=1S/C17H20N2O/c1-20-12-13-4-2-7-16(10-13)19-11-15-6-3-5-14-8-9-18-17(14)15/h2-7,10,18-19H,8-9,11-12H2,1H3. The van der Waals surface area contributed by atoms with Crippen molar-refractivity contribution in [3.05, 3.63) is 59.2 Å². The summed E-state index contributed by atoms with van der Waals surface area (Å²) in [5.41, 5.74) is 6.40. The topological polar surface area (TPSA) is 33.3 Å². The van der Waals surface area contributed by atoms with Gasteiger partial charge in [0.1, 0.15) is 0 Å². The van der Waals surface area contributed by atoms with Crippen LogP contribution in [0, 0.1) is 0 Å². The average molecular weight is 268 g/mol. The normalized spacial score (nSPS) is 12.8. The van der Waals surface area contributed by atoms with Crippen LogP contribution >= 0.6 is 0 Å². The molecular formula is C17H20N2O. The van der Waals surface area contributed by atoms with E-state index in [2.05, 4.69) is 53.1 Å². The summed E-state index contributed by atoms with van der Waals surface area (Å²) in [4.78, 5) is 0. The quantitative estimate of drug-likeness (QED) is 0.872. The van der Waals surface area contributed by atoms with Gasteiger partial charge in [-0.2, -0.15) is 0 Å². The number of hydrogen-bond acceptors (Lipinski definition) is 3. The second-order valence-corrected chi connectivity index (χ2v) is 5.11. The Balaban J connectivity index is 1.71. The molecule has 0 aliphatic carbocycles. The summed E-state index contributed by atoms with van der Waals surface area (Å²) >= 11 is 0. The lowest BCUT2D eigenvalue weighted by molar-refractivity contribution is 0.185. The summed E-state index contributed by atoms with van der Waals surface area (Å²) in [6.45, 7) is 2.54. The van der Waals surface area contributed by atoms with Crippen LogP contribution in [0.15, 0.2) is 42.5 Å². The number of rotatable bonds is 5. The molecule has 20 heavy (non-hydrogen) atoms. The van der Waals surface area contributed by atoms with E-state index < -0.39 is 0 Å². The van der Waals surface area contributed by atoms with Gasteiger partial charge in [0.25, 0.3) is 0 Å². The summed E-state index contributed by atoms with van der Waals surface area (Å²) in [6, 6.07) is 14.9. The van der Waals surface area contributed by atoms with Crippen LogP contribution < -0.4 is 10.6 Å². The number of nitrogens with one attached hydrogen (secondary N) is 2. The van der Waals surface area contributed by atoms with E-state index in [9.17, 15) is 0 Å². The van der Waals surface area contributed by atoms with Gasteiger partial charge < -0.3 is 15.4 Å². The van der Waals surface area contributed by atoms with Crippen molar-refractivity contribution in [2.45, 2.75) is 19.6 Å². The Morgan fingerprint density at radius 1 is 1.20 bits per heavy atom. The molecule has 3 nitrogen and oxygen atoms in total. The largest absolute Gasteiger partial charge is 0.384 e. The second-order valence-electron chi connectivity index (χ2n) is 5.11. The van der Waals surface area contributed by atoms with Gasteiger partial charge >= 0.3 is 0 Å². The van der Waals surface area contributed by atoms with E-state index in [1.807, 2.05) is 0 Å². The zero-order chi connectivity index (χ0) is 13.8. The van der Waals surface area contributed by atoms with Gasteiger partial charge in [0, 0.05) is 31.6 Å². The van der Waals surface area contributed by atoms with Crippen LogP contribution in [0.25, 0.3) is 0 Å². The van der Waals surface area contributed by atoms with Crippen molar-refractivity contribution in [1.82, 2.24) is 0 Å². The van der Waals surface area contributed by atoms with Crippen LogP contribution in [0.5, 0.6) is 0 Å². The maximum Gasteiger partial charge on any atom is 0.0713 e. The Bertz CT molecular complexity index is 595. The maximum absolute atomic E-state index is 5.17. The van der Waals surface area contributed by atoms with Crippen molar-refractivity contribution < 1.29 is 4.74 Å². The maximum atomic E-state index is 5.17. The fourth-order valence-electron chi connectivity index (χ4n) is 2.69. The molecule has 3 rings (SSSR count). The molecule has 104 valence electrons. The highest BCUT2D eigenvalue weighted by atomic mass is 16.5. The number of para-hydroxylation sites is 1. The molecule has 1 aliphatic rings. The van der Waals surface area contributed by atoms with Gasteiger partial charge in [-0.3, -0.25) is 0 Å². The molecule has 0 saturated carbocycles. The zero-order valence-electron chi connectivity index (χ0n) is 11.8. The summed E-state index contributed by atoms with van der Waals surface area (Å²) in [5, 5.41) is 6.97. The minimum absolute atomic E-state index is 0.651. The highest BCUT2D eigenvalue weighted by molar-refractivity contribution is 5.62. The highest BCUT2D eigenvalue weighted by Gasteiger charge is 2.12. The van der Waals surface area contributed by atoms with E-state index in [0.29, 0.717) is 6.61 Å². The Morgan fingerprint density at radius 2 is 2.10 bits per heavy atom. The molecule has 0 amide bonds. The van der Waals surface area contributed by atoms with Gasteiger partial charge in [-0.15, -0.1) is 0 Å². The van der Waals surface area contributed by atoms with E-state index in [4.69, 9.17) is 4.74 Å². The lowest BCUT2D eigenvalue weighted by Crippen LogP contribution is -2.03. The van der Waals surface area contributed by atoms with Crippen LogP contribution in [0.1, 0.15) is 16.7 Å². The SMILES string of the molecule is COCc1cccc(NCc2cccc3c2NCC3)c1. The third kappa shape index (κ3) is 2.78. The van der Waals surface area contributed by atoms with Gasteiger partial charge in [-0.1, -0.05) is 30.3 Å². The molecule has 0 bridgehead atoms. The Morgan fingerprint density at radius 3 is 3.00 bits per heavy atom. The summed E-state index contributed by atoms with van der Waals surface area (Å²) < 4.78 is 5.17. The summed E-state index contributed by atoms with van der Waals surface area (Å²) in [7, 11) is 1.72. The summed E-state index contributed by atoms with van der Waals surface area (Å²) in [5.74, 6) is 0. The van der Waals surface area contributed by atoms with E-state index in [-0.39, 0.29) is 0 Å². The molecule has 2 aromatic rings. The lowest BCUT2D eigenvalue weighted by atomic mass is 10.1. The first kappa shape index (κ1) is 13.0. The van der Waals surface area contributed by atoms with Crippen molar-refractivity contribution >= 4 is 11.4 Å². The molecule has 2 N–H and O–H groups in total. The molecule has 0 aromatic heterocycles. The first-order valence-electron chi connectivity index (χ1n) is 7.03. The van der Waals surface area contributed by atoms with Gasteiger partial charge in [0.15, 0.2) is 0 Å². The van der Waals surface area contributed by atoms with Crippen molar-refractivity contribution in [3.8, 4) is 0 Å². The number of methoxy groups -OCH3 is 1. The van der Waals surface area contributed by atoms with Crippen LogP contribution in [0.4, 0.5) is 11.4 Å². The minimum Gasteiger partial charge on any atom is -0.384 e. The Kier molecular flexibility index (Phi) is 3.88. The molecule has 0 fully saturated rings. The van der Waals surface area contributed by atoms with E-state index >= 15 is 0 Å². The van der Waals surface area contributed by atoms with Gasteiger partial charge in [0.2, 0.25) is 0 Å². The third-order valence-corrected chi connectivity index (χ3v) is 3.65. The monoisotopic (exact) mass is 268 g/mol.